The van der Waals surface area contributed by atoms with Crippen molar-refractivity contribution in [2.24, 2.45) is 17.6 Å². The van der Waals surface area contributed by atoms with Crippen LogP contribution in [0.5, 0.6) is 0 Å². The zero-order chi connectivity index (χ0) is 14.4. The molecule has 1 heterocycles. The van der Waals surface area contributed by atoms with Crippen LogP contribution in [-0.2, 0) is 4.79 Å². The summed E-state index contributed by atoms with van der Waals surface area (Å²) in [5.41, 5.74) is 6.06. The SMILES string of the molecule is CCN1CCC(CNC(=O)C(N)CC2CCCCC2)C1.Cl. The van der Waals surface area contributed by atoms with E-state index in [1.807, 2.05) is 0 Å². The Bertz CT molecular complexity index is 308. The van der Waals surface area contributed by atoms with Crippen LogP contribution in [0.1, 0.15) is 51.9 Å². The summed E-state index contributed by atoms with van der Waals surface area (Å²) in [6, 6.07) is -0.304. The molecule has 124 valence electrons. The molecule has 1 amide bonds. The van der Waals surface area contributed by atoms with E-state index in [1.54, 1.807) is 0 Å². The van der Waals surface area contributed by atoms with Crippen molar-refractivity contribution < 1.29 is 4.79 Å². The molecule has 0 spiro atoms. The van der Waals surface area contributed by atoms with Crippen LogP contribution in [0.3, 0.4) is 0 Å². The molecule has 0 bridgehead atoms. The van der Waals surface area contributed by atoms with Gasteiger partial charge in [-0.15, -0.1) is 12.4 Å². The van der Waals surface area contributed by atoms with Crippen LogP contribution in [0.2, 0.25) is 0 Å². The molecule has 2 fully saturated rings. The predicted molar refractivity (Wildman–Crippen MR) is 89.6 cm³/mol. The monoisotopic (exact) mass is 317 g/mol. The van der Waals surface area contributed by atoms with Crippen molar-refractivity contribution in [1.29, 1.82) is 0 Å². The second-order valence-electron chi connectivity index (χ2n) is 6.64. The molecule has 21 heavy (non-hydrogen) atoms. The molecule has 0 radical (unpaired) electrons. The summed E-state index contributed by atoms with van der Waals surface area (Å²) < 4.78 is 0. The summed E-state index contributed by atoms with van der Waals surface area (Å²) in [5.74, 6) is 1.35. The van der Waals surface area contributed by atoms with Crippen LogP contribution in [-0.4, -0.2) is 43.0 Å². The van der Waals surface area contributed by atoms with Crippen molar-refractivity contribution in [1.82, 2.24) is 10.2 Å². The molecule has 4 nitrogen and oxygen atoms in total. The average molecular weight is 318 g/mol. The minimum absolute atomic E-state index is 0. The highest BCUT2D eigenvalue weighted by Gasteiger charge is 2.24. The number of amides is 1. The Morgan fingerprint density at radius 2 is 1.95 bits per heavy atom. The van der Waals surface area contributed by atoms with Gasteiger partial charge in [0.05, 0.1) is 6.04 Å². The number of likely N-dealkylation sites (tertiary alicyclic amines) is 1. The standard InChI is InChI=1S/C16H31N3O.ClH/c1-2-19-9-8-14(12-19)11-18-16(20)15(17)10-13-6-4-3-5-7-13;/h13-15H,2-12,17H2,1H3,(H,18,20);1H. The van der Waals surface area contributed by atoms with Crippen molar-refractivity contribution in [2.45, 2.75) is 57.9 Å². The first-order valence-electron chi connectivity index (χ1n) is 8.44. The molecular weight excluding hydrogens is 286 g/mol. The average Bonchev–Trinajstić information content (AvgIpc) is 2.93. The highest BCUT2D eigenvalue weighted by Crippen LogP contribution is 2.27. The Balaban J connectivity index is 0.00000220. The van der Waals surface area contributed by atoms with Gasteiger partial charge < -0.3 is 16.0 Å². The van der Waals surface area contributed by atoms with Crippen LogP contribution in [0, 0.1) is 11.8 Å². The highest BCUT2D eigenvalue weighted by atomic mass is 35.5. The molecule has 2 aliphatic rings. The number of hydrogen-bond donors (Lipinski definition) is 2. The van der Waals surface area contributed by atoms with Gasteiger partial charge in [-0.1, -0.05) is 39.0 Å². The van der Waals surface area contributed by atoms with Gasteiger partial charge in [-0.2, -0.15) is 0 Å². The molecule has 0 aromatic rings. The first kappa shape index (κ1) is 18.7. The van der Waals surface area contributed by atoms with E-state index in [0.29, 0.717) is 11.8 Å². The summed E-state index contributed by atoms with van der Waals surface area (Å²) in [6.07, 6.45) is 8.57. The summed E-state index contributed by atoms with van der Waals surface area (Å²) in [6.45, 7) is 6.40. The van der Waals surface area contributed by atoms with Crippen molar-refractivity contribution in [3.05, 3.63) is 0 Å². The zero-order valence-corrected chi connectivity index (χ0v) is 14.2. The van der Waals surface area contributed by atoms with E-state index >= 15 is 0 Å². The summed E-state index contributed by atoms with van der Waals surface area (Å²) >= 11 is 0. The lowest BCUT2D eigenvalue weighted by molar-refractivity contribution is -0.123. The molecule has 1 aliphatic carbocycles. The minimum atomic E-state index is -0.304. The number of carbonyl (C=O) groups is 1. The summed E-state index contributed by atoms with van der Waals surface area (Å²) in [4.78, 5) is 14.5. The van der Waals surface area contributed by atoms with E-state index in [0.717, 1.165) is 26.1 Å². The largest absolute Gasteiger partial charge is 0.354 e. The van der Waals surface area contributed by atoms with Crippen LogP contribution < -0.4 is 11.1 Å². The normalized spacial score (nSPS) is 25.3. The Morgan fingerprint density at radius 3 is 2.57 bits per heavy atom. The first-order valence-corrected chi connectivity index (χ1v) is 8.44. The van der Waals surface area contributed by atoms with E-state index in [-0.39, 0.29) is 24.4 Å². The fourth-order valence-corrected chi connectivity index (χ4v) is 3.63. The van der Waals surface area contributed by atoms with E-state index < -0.39 is 0 Å². The van der Waals surface area contributed by atoms with E-state index in [4.69, 9.17) is 5.73 Å². The maximum Gasteiger partial charge on any atom is 0.236 e. The molecule has 2 unspecified atom stereocenters. The van der Waals surface area contributed by atoms with Gasteiger partial charge in [0.1, 0.15) is 0 Å². The molecule has 1 aliphatic heterocycles. The zero-order valence-electron chi connectivity index (χ0n) is 13.4. The third kappa shape index (κ3) is 6.13. The van der Waals surface area contributed by atoms with E-state index in [1.165, 1.54) is 45.1 Å². The molecule has 2 rings (SSSR count). The summed E-state index contributed by atoms with van der Waals surface area (Å²) in [7, 11) is 0. The number of halogens is 1. The van der Waals surface area contributed by atoms with Gasteiger partial charge in [0, 0.05) is 13.1 Å². The third-order valence-corrected chi connectivity index (χ3v) is 5.03. The number of nitrogens with zero attached hydrogens (tertiary/aromatic N) is 1. The quantitative estimate of drug-likeness (QED) is 0.789. The molecule has 0 aromatic carbocycles. The van der Waals surface area contributed by atoms with Gasteiger partial charge in [0.25, 0.3) is 0 Å². The van der Waals surface area contributed by atoms with Gasteiger partial charge in [-0.05, 0) is 37.8 Å². The maximum absolute atomic E-state index is 12.1. The topological polar surface area (TPSA) is 58.4 Å². The van der Waals surface area contributed by atoms with Crippen LogP contribution in [0.25, 0.3) is 0 Å². The number of nitrogens with one attached hydrogen (secondary N) is 1. The van der Waals surface area contributed by atoms with Crippen LogP contribution >= 0.6 is 12.4 Å². The van der Waals surface area contributed by atoms with Crippen molar-refractivity contribution in [2.75, 3.05) is 26.2 Å². The van der Waals surface area contributed by atoms with Gasteiger partial charge in [0.2, 0.25) is 5.91 Å². The Morgan fingerprint density at radius 1 is 1.24 bits per heavy atom. The lowest BCUT2D eigenvalue weighted by Crippen LogP contribution is -2.43. The van der Waals surface area contributed by atoms with Gasteiger partial charge in [-0.3, -0.25) is 4.79 Å². The Hall–Kier alpha value is -0.320. The maximum atomic E-state index is 12.1. The Kier molecular flexibility index (Phi) is 8.60. The van der Waals surface area contributed by atoms with E-state index in [9.17, 15) is 4.79 Å². The fourth-order valence-electron chi connectivity index (χ4n) is 3.63. The molecule has 2 atom stereocenters. The predicted octanol–water partition coefficient (Wildman–Crippen LogP) is 2.16. The lowest BCUT2D eigenvalue weighted by Gasteiger charge is -2.24. The molecule has 3 N–H and O–H groups in total. The van der Waals surface area contributed by atoms with Crippen molar-refractivity contribution in [3.63, 3.8) is 0 Å². The van der Waals surface area contributed by atoms with Crippen molar-refractivity contribution >= 4 is 18.3 Å². The third-order valence-electron chi connectivity index (χ3n) is 5.03. The van der Waals surface area contributed by atoms with Crippen LogP contribution in [0.4, 0.5) is 0 Å². The smallest absolute Gasteiger partial charge is 0.236 e. The number of carbonyl (C=O) groups excluding carboxylic acids is 1. The van der Waals surface area contributed by atoms with Gasteiger partial charge in [-0.25, -0.2) is 0 Å². The Labute approximate surface area is 135 Å². The van der Waals surface area contributed by atoms with Crippen LogP contribution in [0.15, 0.2) is 0 Å². The molecule has 5 heteroatoms. The summed E-state index contributed by atoms with van der Waals surface area (Å²) in [5, 5.41) is 3.07. The van der Waals surface area contributed by atoms with Gasteiger partial charge in [0.15, 0.2) is 0 Å². The second-order valence-corrected chi connectivity index (χ2v) is 6.64. The van der Waals surface area contributed by atoms with Gasteiger partial charge >= 0.3 is 0 Å². The highest BCUT2D eigenvalue weighted by molar-refractivity contribution is 5.85. The molecular formula is C16H32ClN3O. The fraction of sp³-hybridized carbons (Fsp3) is 0.938. The molecule has 1 saturated heterocycles. The van der Waals surface area contributed by atoms with E-state index in [2.05, 4.69) is 17.1 Å². The van der Waals surface area contributed by atoms with Crippen molar-refractivity contribution in [3.8, 4) is 0 Å². The number of hydrogen-bond acceptors (Lipinski definition) is 3. The second kappa shape index (κ2) is 9.65. The first-order chi connectivity index (χ1) is 9.69. The minimum Gasteiger partial charge on any atom is -0.354 e. The molecule has 0 aromatic heterocycles. The number of rotatable bonds is 6. The number of nitrogens with two attached hydrogens (primary N) is 1. The molecule has 1 saturated carbocycles. The lowest BCUT2D eigenvalue weighted by atomic mass is 9.85.